The lowest BCUT2D eigenvalue weighted by Crippen LogP contribution is -2.17. The lowest BCUT2D eigenvalue weighted by molar-refractivity contribution is 0.524. The molecule has 3 atom stereocenters. The molecular formula is C30H37P. The van der Waals surface area contributed by atoms with Crippen LogP contribution in [0.1, 0.15) is 76.5 Å². The lowest BCUT2D eigenvalue weighted by Gasteiger charge is -2.31. The van der Waals surface area contributed by atoms with Crippen molar-refractivity contribution >= 4 is 8.58 Å². The van der Waals surface area contributed by atoms with Crippen molar-refractivity contribution in [3.05, 3.63) is 106 Å². The first-order chi connectivity index (χ1) is 15.0. The zero-order valence-corrected chi connectivity index (χ0v) is 20.6. The van der Waals surface area contributed by atoms with E-state index in [1.807, 2.05) is 0 Å². The van der Waals surface area contributed by atoms with Crippen LogP contribution in [0.2, 0.25) is 0 Å². The van der Waals surface area contributed by atoms with Gasteiger partial charge < -0.3 is 0 Å². The van der Waals surface area contributed by atoms with Crippen LogP contribution < -0.4 is 0 Å². The van der Waals surface area contributed by atoms with Gasteiger partial charge in [0.15, 0.2) is 0 Å². The van der Waals surface area contributed by atoms with Gasteiger partial charge in [-0.15, -0.1) is 8.58 Å². The third-order valence-corrected chi connectivity index (χ3v) is 8.85. The molecule has 4 rings (SSSR count). The van der Waals surface area contributed by atoms with E-state index >= 15 is 0 Å². The molecule has 31 heavy (non-hydrogen) atoms. The summed E-state index contributed by atoms with van der Waals surface area (Å²) >= 11 is 0. The minimum atomic E-state index is 0.503. The Bertz CT molecular complexity index is 953. The molecule has 3 aromatic carbocycles. The molecule has 0 spiro atoms. The summed E-state index contributed by atoms with van der Waals surface area (Å²) in [6.45, 7) is 9.00. The highest BCUT2D eigenvalue weighted by atomic mass is 31.1. The highest BCUT2D eigenvalue weighted by Gasteiger charge is 2.25. The minimum absolute atomic E-state index is 0.503. The van der Waals surface area contributed by atoms with Gasteiger partial charge in [0, 0.05) is 5.92 Å². The summed E-state index contributed by atoms with van der Waals surface area (Å²) in [5.74, 6) is 1.26. The van der Waals surface area contributed by atoms with Crippen LogP contribution in [0, 0.1) is 27.7 Å². The van der Waals surface area contributed by atoms with Crippen LogP contribution in [0.5, 0.6) is 0 Å². The molecule has 162 valence electrons. The van der Waals surface area contributed by atoms with Crippen molar-refractivity contribution < 1.29 is 0 Å². The third kappa shape index (κ3) is 5.48. The van der Waals surface area contributed by atoms with Crippen LogP contribution in [-0.2, 0) is 0 Å². The van der Waals surface area contributed by atoms with E-state index in [4.69, 9.17) is 0 Å². The molecule has 1 saturated heterocycles. The summed E-state index contributed by atoms with van der Waals surface area (Å²) in [6, 6.07) is 25.3. The van der Waals surface area contributed by atoms with E-state index in [0.29, 0.717) is 5.92 Å². The maximum atomic E-state index is 2.39. The smallest absolute Gasteiger partial charge is 0.00948 e. The summed E-state index contributed by atoms with van der Waals surface area (Å²) < 4.78 is 0. The van der Waals surface area contributed by atoms with Crippen molar-refractivity contribution in [1.82, 2.24) is 0 Å². The van der Waals surface area contributed by atoms with E-state index in [9.17, 15) is 0 Å². The number of hydrogen-bond donors (Lipinski definition) is 0. The summed E-state index contributed by atoms with van der Waals surface area (Å²) in [5.41, 5.74) is 11.1. The van der Waals surface area contributed by atoms with Gasteiger partial charge in [-0.1, -0.05) is 77.9 Å². The molecule has 0 amide bonds. The average Bonchev–Trinajstić information content (AvgIpc) is 2.77. The van der Waals surface area contributed by atoms with E-state index in [1.165, 1.54) is 65.2 Å². The monoisotopic (exact) mass is 428 g/mol. The molecule has 0 saturated carbocycles. The Labute approximate surface area is 191 Å². The van der Waals surface area contributed by atoms with Crippen LogP contribution in [0.25, 0.3) is 0 Å². The van der Waals surface area contributed by atoms with Crippen LogP contribution in [0.15, 0.2) is 66.7 Å². The van der Waals surface area contributed by atoms with Gasteiger partial charge in [-0.25, -0.2) is 0 Å². The average molecular weight is 429 g/mol. The van der Waals surface area contributed by atoms with E-state index in [-0.39, 0.29) is 0 Å². The van der Waals surface area contributed by atoms with Gasteiger partial charge in [0.2, 0.25) is 0 Å². The minimum Gasteiger partial charge on any atom is -0.119 e. The van der Waals surface area contributed by atoms with Gasteiger partial charge >= 0.3 is 0 Å². The van der Waals surface area contributed by atoms with Gasteiger partial charge in [0.05, 0.1) is 0 Å². The van der Waals surface area contributed by atoms with Crippen molar-refractivity contribution in [3.63, 3.8) is 0 Å². The second kappa shape index (κ2) is 10.1. The van der Waals surface area contributed by atoms with Crippen molar-refractivity contribution in [2.24, 2.45) is 0 Å². The molecule has 1 heteroatoms. The van der Waals surface area contributed by atoms with E-state index in [2.05, 4.69) is 94.4 Å². The van der Waals surface area contributed by atoms with Crippen molar-refractivity contribution in [2.75, 3.05) is 6.16 Å². The largest absolute Gasteiger partial charge is 0.119 e. The van der Waals surface area contributed by atoms with Crippen LogP contribution >= 0.6 is 8.58 Å². The van der Waals surface area contributed by atoms with Crippen molar-refractivity contribution in [3.8, 4) is 0 Å². The highest BCUT2D eigenvalue weighted by Crippen LogP contribution is 2.44. The predicted molar refractivity (Wildman–Crippen MR) is 138 cm³/mol. The molecule has 1 fully saturated rings. The zero-order chi connectivity index (χ0) is 21.8. The van der Waals surface area contributed by atoms with E-state index in [1.54, 1.807) is 5.56 Å². The summed E-state index contributed by atoms with van der Waals surface area (Å²) in [5, 5.41) is 0. The number of rotatable bonds is 6. The standard InChI is InChI=1S/C30H37P/c1-21-10-13-28(23(3)18-21)30(29-14-11-22(2)19-24(29)4)15-12-27-20-26(16-17-31-27)25-8-6-5-7-9-25/h5-11,13-14,18-19,26-27,30-31H,12,15-17,20H2,1-4H3. The van der Waals surface area contributed by atoms with Gasteiger partial charge in [-0.05, 0) is 98.9 Å². The quantitative estimate of drug-likeness (QED) is 0.345. The third-order valence-electron chi connectivity index (χ3n) is 7.17. The summed E-state index contributed by atoms with van der Waals surface area (Å²) in [6.07, 6.45) is 6.74. The SMILES string of the molecule is Cc1ccc(C(CCC2CC(c3ccccc3)CCP2)c2ccc(C)cc2C)c(C)c1. The van der Waals surface area contributed by atoms with E-state index < -0.39 is 0 Å². The topological polar surface area (TPSA) is 0 Å². The fraction of sp³-hybridized carbons (Fsp3) is 0.400. The number of benzene rings is 3. The molecule has 1 heterocycles. The molecule has 0 N–H and O–H groups in total. The molecular weight excluding hydrogens is 391 g/mol. The first-order valence-corrected chi connectivity index (χ1v) is 13.2. The molecule has 1 aliphatic heterocycles. The van der Waals surface area contributed by atoms with Gasteiger partial charge in [-0.3, -0.25) is 0 Å². The molecule has 0 aliphatic carbocycles. The molecule has 0 radical (unpaired) electrons. The summed E-state index contributed by atoms with van der Waals surface area (Å²) in [7, 11) is 1.13. The van der Waals surface area contributed by atoms with Gasteiger partial charge in [-0.2, -0.15) is 0 Å². The van der Waals surface area contributed by atoms with Gasteiger partial charge in [0.25, 0.3) is 0 Å². The fourth-order valence-electron chi connectivity index (χ4n) is 5.53. The zero-order valence-electron chi connectivity index (χ0n) is 19.6. The fourth-order valence-corrected chi connectivity index (χ4v) is 7.28. The second-order valence-electron chi connectivity index (χ2n) is 9.63. The van der Waals surface area contributed by atoms with Gasteiger partial charge in [0.1, 0.15) is 0 Å². The molecule has 1 aliphatic rings. The summed E-state index contributed by atoms with van der Waals surface area (Å²) in [4.78, 5) is 0. The van der Waals surface area contributed by atoms with Crippen molar-refractivity contribution in [2.45, 2.75) is 70.9 Å². The molecule has 3 unspecified atom stereocenters. The normalized spacial score (nSPS) is 19.8. The Hall–Kier alpha value is -1.91. The number of aryl methyl sites for hydroxylation is 4. The van der Waals surface area contributed by atoms with E-state index in [0.717, 1.165) is 20.2 Å². The Morgan fingerprint density at radius 2 is 1.42 bits per heavy atom. The van der Waals surface area contributed by atoms with Crippen LogP contribution in [-0.4, -0.2) is 11.8 Å². The Balaban J connectivity index is 1.55. The highest BCUT2D eigenvalue weighted by molar-refractivity contribution is 7.38. The first-order valence-electron chi connectivity index (χ1n) is 11.9. The molecule has 0 bridgehead atoms. The predicted octanol–water partition coefficient (Wildman–Crippen LogP) is 8.46. The maximum absolute atomic E-state index is 2.39. The van der Waals surface area contributed by atoms with Crippen LogP contribution in [0.3, 0.4) is 0 Å². The lowest BCUT2D eigenvalue weighted by atomic mass is 9.81. The molecule has 3 aromatic rings. The molecule has 0 aromatic heterocycles. The number of hydrogen-bond acceptors (Lipinski definition) is 0. The Morgan fingerprint density at radius 1 is 0.806 bits per heavy atom. The molecule has 0 nitrogen and oxygen atoms in total. The van der Waals surface area contributed by atoms with Crippen LogP contribution in [0.4, 0.5) is 0 Å². The maximum Gasteiger partial charge on any atom is 0.00948 e. The Kier molecular flexibility index (Phi) is 7.29. The first kappa shape index (κ1) is 22.3. The second-order valence-corrected chi connectivity index (χ2v) is 11.4. The Morgan fingerprint density at radius 3 is 2.00 bits per heavy atom. The van der Waals surface area contributed by atoms with Crippen molar-refractivity contribution in [1.29, 1.82) is 0 Å².